The molecular weight excluding hydrogens is 545 g/mol. The average Bonchev–Trinajstić information content (AvgIpc) is 2.90. The van der Waals surface area contributed by atoms with Crippen LogP contribution in [-0.4, -0.2) is 67.6 Å². The highest BCUT2D eigenvalue weighted by Crippen LogP contribution is 2.48. The fourth-order valence-corrected chi connectivity index (χ4v) is 4.91. The number of amides is 2. The maximum absolute atomic E-state index is 14.3. The minimum absolute atomic E-state index is 0.168. The Balaban J connectivity index is 1.54. The summed E-state index contributed by atoms with van der Waals surface area (Å²) in [5.41, 5.74) is -3.66. The third kappa shape index (κ3) is 6.46. The molecule has 2 amide bonds. The third-order valence-corrected chi connectivity index (χ3v) is 7.29. The maximum atomic E-state index is 14.3. The summed E-state index contributed by atoms with van der Waals surface area (Å²) in [4.78, 5) is 28.3. The van der Waals surface area contributed by atoms with Crippen LogP contribution in [-0.2, 0) is 10.4 Å². The molecule has 6 nitrogen and oxygen atoms in total. The first-order chi connectivity index (χ1) is 18.2. The van der Waals surface area contributed by atoms with E-state index in [0.29, 0.717) is 36.5 Å². The molecule has 1 fully saturated rings. The number of rotatable bonds is 9. The molecule has 1 atom stereocenters. The van der Waals surface area contributed by atoms with Gasteiger partial charge >= 0.3 is 12.1 Å². The Morgan fingerprint density at radius 2 is 1.67 bits per heavy atom. The van der Waals surface area contributed by atoms with E-state index < -0.39 is 29.2 Å². The average molecular weight is 576 g/mol. The van der Waals surface area contributed by atoms with Gasteiger partial charge in [0.1, 0.15) is 0 Å². The van der Waals surface area contributed by atoms with Crippen LogP contribution < -0.4 is 10.2 Å². The molecule has 39 heavy (non-hydrogen) atoms. The van der Waals surface area contributed by atoms with Crippen molar-refractivity contribution in [1.82, 2.24) is 10.2 Å². The van der Waals surface area contributed by atoms with Crippen LogP contribution in [0.2, 0.25) is 5.02 Å². The molecule has 1 aliphatic heterocycles. The molecule has 1 heterocycles. The number of benzene rings is 2. The molecule has 0 aliphatic carbocycles. The van der Waals surface area contributed by atoms with Gasteiger partial charge in [0.25, 0.3) is 11.8 Å². The molecule has 2 aromatic carbocycles. The van der Waals surface area contributed by atoms with Crippen molar-refractivity contribution >= 4 is 29.1 Å². The summed E-state index contributed by atoms with van der Waals surface area (Å²) >= 11 is 6.31. The topological polar surface area (TPSA) is 72.9 Å². The number of nitrogens with zero attached hydrogens (tertiary/aromatic N) is 2. The second-order valence-corrected chi connectivity index (χ2v) is 10.2. The Bertz CT molecular complexity index is 1160. The van der Waals surface area contributed by atoms with Crippen molar-refractivity contribution in [3.05, 3.63) is 64.7 Å². The lowest BCUT2D eigenvalue weighted by atomic mass is 9.85. The van der Waals surface area contributed by atoms with E-state index in [0.717, 1.165) is 42.8 Å². The lowest BCUT2D eigenvalue weighted by Gasteiger charge is -2.36. The summed E-state index contributed by atoms with van der Waals surface area (Å²) in [7, 11) is 3.29. The van der Waals surface area contributed by atoms with Crippen LogP contribution in [0.1, 0.15) is 41.6 Å². The molecule has 0 bridgehead atoms. The van der Waals surface area contributed by atoms with Gasteiger partial charge in [-0.3, -0.25) is 9.59 Å². The zero-order valence-electron chi connectivity index (χ0n) is 21.6. The SMILES string of the molecule is CN(C)C(=O)c1ccc(N2CCC(CCCNC(=O)C(O)(c3ccccc3)C(F)(F)C(F)(F)F)CC2)cc1Cl. The first-order valence-corrected chi connectivity index (χ1v) is 12.8. The van der Waals surface area contributed by atoms with E-state index in [1.165, 1.54) is 11.0 Å². The molecule has 1 aliphatic rings. The normalized spacial score (nSPS) is 16.5. The number of hydrogen-bond donors (Lipinski definition) is 2. The smallest absolute Gasteiger partial charge is 0.371 e. The van der Waals surface area contributed by atoms with Crippen molar-refractivity contribution in [3.8, 4) is 0 Å². The Kier molecular flexibility index (Phi) is 9.48. The zero-order valence-corrected chi connectivity index (χ0v) is 22.3. The van der Waals surface area contributed by atoms with Crippen LogP contribution in [0.15, 0.2) is 48.5 Å². The molecule has 0 saturated carbocycles. The van der Waals surface area contributed by atoms with Crippen molar-refractivity contribution in [2.24, 2.45) is 5.92 Å². The number of piperidine rings is 1. The van der Waals surface area contributed by atoms with Crippen LogP contribution >= 0.6 is 11.6 Å². The first kappa shape index (κ1) is 30.6. The van der Waals surface area contributed by atoms with Gasteiger partial charge in [0.05, 0.1) is 10.6 Å². The van der Waals surface area contributed by atoms with Crippen molar-refractivity contribution in [2.45, 2.75) is 43.4 Å². The molecule has 0 spiro atoms. The van der Waals surface area contributed by atoms with Gasteiger partial charge in [-0.15, -0.1) is 0 Å². The minimum atomic E-state index is -6.14. The first-order valence-electron chi connectivity index (χ1n) is 12.5. The number of carbonyl (C=O) groups excluding carboxylic acids is 2. The highest BCUT2D eigenvalue weighted by molar-refractivity contribution is 6.34. The predicted molar refractivity (Wildman–Crippen MR) is 138 cm³/mol. The maximum Gasteiger partial charge on any atom is 0.457 e. The van der Waals surface area contributed by atoms with Crippen molar-refractivity contribution in [3.63, 3.8) is 0 Å². The molecule has 12 heteroatoms. The van der Waals surface area contributed by atoms with E-state index in [2.05, 4.69) is 10.2 Å². The largest absolute Gasteiger partial charge is 0.457 e. The van der Waals surface area contributed by atoms with Gasteiger partial charge < -0.3 is 20.2 Å². The number of anilines is 1. The van der Waals surface area contributed by atoms with Gasteiger partial charge in [-0.05, 0) is 55.4 Å². The Labute approximate surface area is 228 Å². The monoisotopic (exact) mass is 575 g/mol. The molecule has 2 aromatic rings. The number of aliphatic hydroxyl groups is 1. The van der Waals surface area contributed by atoms with Crippen LogP contribution in [0.5, 0.6) is 0 Å². The molecule has 0 aromatic heterocycles. The molecular formula is C27H31ClF5N3O3. The Morgan fingerprint density at radius 3 is 2.21 bits per heavy atom. The van der Waals surface area contributed by atoms with E-state index in [4.69, 9.17) is 11.6 Å². The summed E-state index contributed by atoms with van der Waals surface area (Å²) in [6, 6.07) is 10.7. The summed E-state index contributed by atoms with van der Waals surface area (Å²) in [5.74, 6) is -7.45. The van der Waals surface area contributed by atoms with E-state index in [1.807, 2.05) is 6.07 Å². The fraction of sp³-hybridized carbons (Fsp3) is 0.481. The van der Waals surface area contributed by atoms with Crippen molar-refractivity contribution in [1.29, 1.82) is 0 Å². The fourth-order valence-electron chi connectivity index (χ4n) is 4.65. The molecule has 1 unspecified atom stereocenters. The van der Waals surface area contributed by atoms with Crippen LogP contribution in [0.3, 0.4) is 0 Å². The summed E-state index contributed by atoms with van der Waals surface area (Å²) in [6.45, 7) is 1.25. The molecule has 2 N–H and O–H groups in total. The second kappa shape index (κ2) is 12.1. The van der Waals surface area contributed by atoms with Crippen LogP contribution in [0.25, 0.3) is 0 Å². The minimum Gasteiger partial charge on any atom is -0.371 e. The number of alkyl halides is 5. The lowest BCUT2D eigenvalue weighted by molar-refractivity contribution is -0.337. The van der Waals surface area contributed by atoms with Crippen LogP contribution in [0, 0.1) is 5.92 Å². The van der Waals surface area contributed by atoms with Crippen molar-refractivity contribution < 1.29 is 36.6 Å². The molecule has 1 saturated heterocycles. The summed E-state index contributed by atoms with van der Waals surface area (Å²) in [5, 5.41) is 12.9. The number of hydrogen-bond acceptors (Lipinski definition) is 4. The second-order valence-electron chi connectivity index (χ2n) is 9.84. The van der Waals surface area contributed by atoms with Gasteiger partial charge in [-0.2, -0.15) is 22.0 Å². The van der Waals surface area contributed by atoms with E-state index in [1.54, 1.807) is 26.2 Å². The number of halogens is 6. The van der Waals surface area contributed by atoms with Gasteiger partial charge in [-0.1, -0.05) is 41.9 Å². The molecule has 0 radical (unpaired) electrons. The molecule has 3 rings (SSSR count). The third-order valence-electron chi connectivity index (χ3n) is 6.97. The summed E-state index contributed by atoms with van der Waals surface area (Å²) < 4.78 is 68.1. The number of carbonyl (C=O) groups is 2. The van der Waals surface area contributed by atoms with E-state index >= 15 is 0 Å². The highest BCUT2D eigenvalue weighted by Gasteiger charge is 2.73. The summed E-state index contributed by atoms with van der Waals surface area (Å²) in [6.07, 6.45) is -3.60. The Hall–Kier alpha value is -2.92. The van der Waals surface area contributed by atoms with E-state index in [9.17, 15) is 36.6 Å². The van der Waals surface area contributed by atoms with E-state index in [-0.39, 0.29) is 18.4 Å². The Morgan fingerprint density at radius 1 is 1.05 bits per heavy atom. The van der Waals surface area contributed by atoms with Gasteiger partial charge in [-0.25, -0.2) is 0 Å². The predicted octanol–water partition coefficient (Wildman–Crippen LogP) is 5.24. The number of nitrogens with one attached hydrogen (secondary N) is 1. The lowest BCUT2D eigenvalue weighted by Crippen LogP contribution is -2.62. The van der Waals surface area contributed by atoms with Gasteiger partial charge in [0, 0.05) is 39.4 Å². The highest BCUT2D eigenvalue weighted by atomic mass is 35.5. The standard InChI is InChI=1S/C27H31ClF5N3O3/c1-35(2)23(37)21-11-10-20(17-22(21)28)36-15-12-18(13-16-36)7-6-14-34-24(38)25(39,19-8-4-3-5-9-19)26(29,30)27(31,32)33/h3-5,8-11,17-18,39H,6-7,12-16H2,1-2H3,(H,34,38). The zero-order chi connectivity index (χ0) is 29.0. The molecule has 214 valence electrons. The van der Waals surface area contributed by atoms with Crippen LogP contribution in [0.4, 0.5) is 27.6 Å². The van der Waals surface area contributed by atoms with Gasteiger partial charge in [0.15, 0.2) is 0 Å². The quantitative estimate of drug-likeness (QED) is 0.317. The van der Waals surface area contributed by atoms with Gasteiger partial charge in [0.2, 0.25) is 5.60 Å². The van der Waals surface area contributed by atoms with Crippen molar-refractivity contribution in [2.75, 3.05) is 38.6 Å².